The molecule has 0 unspecified atom stereocenters. The van der Waals surface area contributed by atoms with Crippen molar-refractivity contribution in [2.24, 2.45) is 0 Å². The Kier molecular flexibility index (Phi) is 2.93. The van der Waals surface area contributed by atoms with E-state index in [4.69, 9.17) is 5.11 Å². The minimum Gasteiger partial charge on any atom is -0.465 e. The van der Waals surface area contributed by atoms with Gasteiger partial charge in [-0.05, 0) is 11.4 Å². The second kappa shape index (κ2) is 3.79. The van der Waals surface area contributed by atoms with Crippen LogP contribution in [0.25, 0.3) is 0 Å². The predicted octanol–water partition coefficient (Wildman–Crippen LogP) is 2.29. The average molecular weight is 199 g/mol. The van der Waals surface area contributed by atoms with Crippen molar-refractivity contribution in [2.45, 2.75) is 19.3 Å². The van der Waals surface area contributed by atoms with Crippen LogP contribution in [0.2, 0.25) is 0 Å². The fourth-order valence-corrected chi connectivity index (χ4v) is 1.90. The van der Waals surface area contributed by atoms with Gasteiger partial charge in [-0.25, -0.2) is 4.79 Å². The molecule has 0 radical (unpaired) electrons. The van der Waals surface area contributed by atoms with E-state index >= 15 is 0 Å². The zero-order valence-corrected chi connectivity index (χ0v) is 8.52. The maximum absolute atomic E-state index is 10.3. The molecule has 1 aromatic rings. The molecule has 0 aliphatic rings. The molecule has 0 saturated heterocycles. The molecule has 0 spiro atoms. The van der Waals surface area contributed by atoms with Crippen molar-refractivity contribution in [1.82, 2.24) is 5.32 Å². The maximum atomic E-state index is 10.3. The summed E-state index contributed by atoms with van der Waals surface area (Å²) in [6.45, 7) is 4.49. The van der Waals surface area contributed by atoms with Crippen LogP contribution in [-0.4, -0.2) is 17.7 Å². The van der Waals surface area contributed by atoms with Crippen molar-refractivity contribution in [3.8, 4) is 0 Å². The number of amides is 1. The second-order valence-corrected chi connectivity index (χ2v) is 4.47. The second-order valence-electron chi connectivity index (χ2n) is 3.52. The van der Waals surface area contributed by atoms with Gasteiger partial charge in [0.25, 0.3) is 0 Å². The Morgan fingerprint density at radius 2 is 2.38 bits per heavy atom. The van der Waals surface area contributed by atoms with Crippen LogP contribution in [0, 0.1) is 0 Å². The van der Waals surface area contributed by atoms with Gasteiger partial charge in [-0.1, -0.05) is 19.9 Å². The van der Waals surface area contributed by atoms with Gasteiger partial charge in [-0.2, -0.15) is 0 Å². The molecule has 3 nitrogen and oxygen atoms in total. The highest BCUT2D eigenvalue weighted by Gasteiger charge is 2.21. The molecular weight excluding hydrogens is 186 g/mol. The molecule has 0 fully saturated rings. The molecule has 1 aromatic heterocycles. The SMILES string of the molecule is CC(C)(CNC(=O)O)c1cccs1. The van der Waals surface area contributed by atoms with Gasteiger partial charge in [0.05, 0.1) is 0 Å². The third kappa shape index (κ3) is 2.73. The molecular formula is C9H13NO2S. The number of rotatable bonds is 3. The van der Waals surface area contributed by atoms with E-state index in [9.17, 15) is 4.79 Å². The van der Waals surface area contributed by atoms with Crippen molar-refractivity contribution < 1.29 is 9.90 Å². The summed E-state index contributed by atoms with van der Waals surface area (Å²) in [5, 5.41) is 12.9. The Balaban J connectivity index is 2.61. The molecule has 4 heteroatoms. The summed E-state index contributed by atoms with van der Waals surface area (Å²) >= 11 is 1.65. The van der Waals surface area contributed by atoms with Crippen LogP contribution in [0.5, 0.6) is 0 Å². The third-order valence-corrected chi connectivity index (χ3v) is 3.11. The van der Waals surface area contributed by atoms with E-state index < -0.39 is 6.09 Å². The zero-order valence-electron chi connectivity index (χ0n) is 7.70. The van der Waals surface area contributed by atoms with E-state index in [1.807, 2.05) is 31.4 Å². The van der Waals surface area contributed by atoms with Crippen LogP contribution in [0.1, 0.15) is 18.7 Å². The van der Waals surface area contributed by atoms with Crippen LogP contribution in [0.4, 0.5) is 4.79 Å². The normalized spacial score (nSPS) is 11.2. The number of nitrogens with one attached hydrogen (secondary N) is 1. The Hall–Kier alpha value is -1.03. The van der Waals surface area contributed by atoms with Crippen molar-refractivity contribution in [3.05, 3.63) is 22.4 Å². The molecule has 1 rings (SSSR count). The predicted molar refractivity (Wildman–Crippen MR) is 53.4 cm³/mol. The van der Waals surface area contributed by atoms with Crippen molar-refractivity contribution in [2.75, 3.05) is 6.54 Å². The van der Waals surface area contributed by atoms with Crippen LogP contribution in [0.3, 0.4) is 0 Å². The summed E-state index contributed by atoms with van der Waals surface area (Å²) < 4.78 is 0. The van der Waals surface area contributed by atoms with Gasteiger partial charge in [0.1, 0.15) is 0 Å². The lowest BCUT2D eigenvalue weighted by molar-refractivity contribution is 0.192. The lowest BCUT2D eigenvalue weighted by Gasteiger charge is -2.22. The first kappa shape index (κ1) is 10.1. The fraction of sp³-hybridized carbons (Fsp3) is 0.444. The van der Waals surface area contributed by atoms with E-state index in [0.717, 1.165) is 0 Å². The van der Waals surface area contributed by atoms with E-state index in [0.29, 0.717) is 6.54 Å². The first-order chi connectivity index (χ1) is 6.02. The topological polar surface area (TPSA) is 49.3 Å². The summed E-state index contributed by atoms with van der Waals surface area (Å²) in [6.07, 6.45) is -0.968. The minimum atomic E-state index is -0.968. The van der Waals surface area contributed by atoms with Crippen LogP contribution in [0.15, 0.2) is 17.5 Å². The Morgan fingerprint density at radius 1 is 1.69 bits per heavy atom. The Morgan fingerprint density at radius 3 is 2.85 bits per heavy atom. The van der Waals surface area contributed by atoms with E-state index in [2.05, 4.69) is 5.32 Å². The number of carbonyl (C=O) groups is 1. The smallest absolute Gasteiger partial charge is 0.404 e. The monoisotopic (exact) mass is 199 g/mol. The van der Waals surface area contributed by atoms with Gasteiger partial charge in [0.15, 0.2) is 0 Å². The molecule has 0 aliphatic heterocycles. The molecule has 0 saturated carbocycles. The number of hydrogen-bond donors (Lipinski definition) is 2. The molecule has 13 heavy (non-hydrogen) atoms. The molecule has 0 aromatic carbocycles. The summed E-state index contributed by atoms with van der Waals surface area (Å²) in [5.74, 6) is 0. The highest BCUT2D eigenvalue weighted by Crippen LogP contribution is 2.26. The Labute approximate surface area is 81.4 Å². The van der Waals surface area contributed by atoms with Gasteiger partial charge < -0.3 is 10.4 Å². The number of thiophene rings is 1. The van der Waals surface area contributed by atoms with Crippen LogP contribution >= 0.6 is 11.3 Å². The summed E-state index contributed by atoms with van der Waals surface area (Å²) in [4.78, 5) is 11.5. The number of carboxylic acid groups (broad SMARTS) is 1. The maximum Gasteiger partial charge on any atom is 0.404 e. The quantitative estimate of drug-likeness (QED) is 0.784. The average Bonchev–Trinajstić information content (AvgIpc) is 2.53. The highest BCUT2D eigenvalue weighted by molar-refractivity contribution is 7.10. The van der Waals surface area contributed by atoms with Crippen LogP contribution in [-0.2, 0) is 5.41 Å². The van der Waals surface area contributed by atoms with E-state index in [1.54, 1.807) is 11.3 Å². The third-order valence-electron chi connectivity index (χ3n) is 1.87. The molecule has 2 N–H and O–H groups in total. The highest BCUT2D eigenvalue weighted by atomic mass is 32.1. The molecule has 0 bridgehead atoms. The van der Waals surface area contributed by atoms with Gasteiger partial charge in [0.2, 0.25) is 0 Å². The van der Waals surface area contributed by atoms with Gasteiger partial charge >= 0.3 is 6.09 Å². The summed E-state index contributed by atoms with van der Waals surface area (Å²) in [6, 6.07) is 4.00. The number of hydrogen-bond acceptors (Lipinski definition) is 2. The molecule has 1 heterocycles. The van der Waals surface area contributed by atoms with Crippen LogP contribution < -0.4 is 5.32 Å². The van der Waals surface area contributed by atoms with E-state index in [-0.39, 0.29) is 5.41 Å². The first-order valence-corrected chi connectivity index (χ1v) is 4.91. The lowest BCUT2D eigenvalue weighted by atomic mass is 9.91. The molecule has 0 aliphatic carbocycles. The van der Waals surface area contributed by atoms with Crippen molar-refractivity contribution in [3.63, 3.8) is 0 Å². The molecule has 72 valence electrons. The van der Waals surface area contributed by atoms with Crippen molar-refractivity contribution >= 4 is 17.4 Å². The molecule has 1 amide bonds. The first-order valence-electron chi connectivity index (χ1n) is 4.03. The van der Waals surface area contributed by atoms with Gasteiger partial charge in [0, 0.05) is 16.8 Å². The fourth-order valence-electron chi connectivity index (χ4n) is 1.05. The summed E-state index contributed by atoms with van der Waals surface area (Å²) in [7, 11) is 0. The van der Waals surface area contributed by atoms with E-state index in [1.165, 1.54) is 4.88 Å². The molecule has 0 atom stereocenters. The van der Waals surface area contributed by atoms with Crippen molar-refractivity contribution in [1.29, 1.82) is 0 Å². The van der Waals surface area contributed by atoms with Gasteiger partial charge in [-0.3, -0.25) is 0 Å². The summed E-state index contributed by atoms with van der Waals surface area (Å²) in [5.41, 5.74) is -0.118. The zero-order chi connectivity index (χ0) is 9.90. The lowest BCUT2D eigenvalue weighted by Crippen LogP contribution is -2.35. The largest absolute Gasteiger partial charge is 0.465 e. The standard InChI is InChI=1S/C9H13NO2S/c1-9(2,6-10-8(11)12)7-4-3-5-13-7/h3-5,10H,6H2,1-2H3,(H,11,12). The Bertz CT molecular complexity index is 280. The van der Waals surface area contributed by atoms with Gasteiger partial charge in [-0.15, -0.1) is 11.3 Å². The minimum absolute atomic E-state index is 0.118.